The normalized spacial score (nSPS) is 12.7. The Kier molecular flexibility index (Phi) is 3.99. The lowest BCUT2D eigenvalue weighted by atomic mass is 10.0. The Morgan fingerprint density at radius 3 is 2.67 bits per heavy atom. The van der Waals surface area contributed by atoms with Crippen LogP contribution in [0.5, 0.6) is 5.75 Å². The maximum absolute atomic E-state index is 6.27. The summed E-state index contributed by atoms with van der Waals surface area (Å²) in [4.78, 5) is 4.20. The van der Waals surface area contributed by atoms with Crippen molar-refractivity contribution in [2.24, 2.45) is 5.73 Å². The highest BCUT2D eigenvalue weighted by Gasteiger charge is 2.13. The summed E-state index contributed by atoms with van der Waals surface area (Å²) in [5.41, 5.74) is 9.63. The van der Waals surface area contributed by atoms with Crippen LogP contribution in [0.1, 0.15) is 36.6 Å². The van der Waals surface area contributed by atoms with Crippen molar-refractivity contribution in [1.29, 1.82) is 0 Å². The zero-order valence-electron chi connectivity index (χ0n) is 10.9. The van der Waals surface area contributed by atoms with Crippen LogP contribution >= 0.6 is 11.3 Å². The van der Waals surface area contributed by atoms with E-state index in [0.717, 1.165) is 16.9 Å². The van der Waals surface area contributed by atoms with E-state index < -0.39 is 0 Å². The van der Waals surface area contributed by atoms with Crippen LogP contribution in [0.3, 0.4) is 0 Å². The van der Waals surface area contributed by atoms with Crippen LogP contribution in [0.4, 0.5) is 0 Å². The van der Waals surface area contributed by atoms with Crippen LogP contribution in [0.25, 0.3) is 0 Å². The summed E-state index contributed by atoms with van der Waals surface area (Å²) >= 11 is 1.67. The molecule has 2 heterocycles. The summed E-state index contributed by atoms with van der Waals surface area (Å²) in [6, 6.07) is 1.83. The van der Waals surface area contributed by atoms with Crippen LogP contribution in [0, 0.1) is 6.92 Å². The number of thiophene rings is 1. The maximum atomic E-state index is 6.27. The Morgan fingerprint density at radius 2 is 2.06 bits per heavy atom. The van der Waals surface area contributed by atoms with Gasteiger partial charge in [0.25, 0.3) is 0 Å². The van der Waals surface area contributed by atoms with Crippen molar-refractivity contribution in [2.45, 2.75) is 32.9 Å². The molecule has 3 nitrogen and oxygen atoms in total. The number of nitrogens with zero attached hydrogens (tertiary/aromatic N) is 1. The van der Waals surface area contributed by atoms with Crippen LogP contribution < -0.4 is 10.5 Å². The molecule has 0 bridgehead atoms. The molecule has 0 aliphatic rings. The summed E-state index contributed by atoms with van der Waals surface area (Å²) in [5, 5.41) is 4.20. The van der Waals surface area contributed by atoms with E-state index in [1.165, 1.54) is 5.56 Å². The van der Waals surface area contributed by atoms with E-state index in [9.17, 15) is 0 Å². The lowest BCUT2D eigenvalue weighted by molar-refractivity contribution is 0.241. The quantitative estimate of drug-likeness (QED) is 0.919. The van der Waals surface area contributed by atoms with Gasteiger partial charge in [0, 0.05) is 6.20 Å². The van der Waals surface area contributed by atoms with Gasteiger partial charge in [-0.15, -0.1) is 0 Å². The molecule has 2 rings (SSSR count). The third-order valence-electron chi connectivity index (χ3n) is 2.70. The first-order valence-corrected chi connectivity index (χ1v) is 6.92. The second kappa shape index (κ2) is 5.50. The highest BCUT2D eigenvalue weighted by molar-refractivity contribution is 7.08. The molecule has 0 aromatic carbocycles. The highest BCUT2D eigenvalue weighted by atomic mass is 32.1. The predicted octanol–water partition coefficient (Wildman–Crippen LogP) is 3.29. The van der Waals surface area contributed by atoms with Crippen LogP contribution in [-0.2, 0) is 0 Å². The predicted molar refractivity (Wildman–Crippen MR) is 75.1 cm³/mol. The van der Waals surface area contributed by atoms with Crippen LogP contribution in [0.15, 0.2) is 29.2 Å². The minimum absolute atomic E-state index is 0.139. The zero-order chi connectivity index (χ0) is 13.1. The van der Waals surface area contributed by atoms with E-state index in [1.54, 1.807) is 23.7 Å². The Balaban J connectivity index is 2.25. The first kappa shape index (κ1) is 13.1. The number of aryl methyl sites for hydroxylation is 1. The molecule has 0 aliphatic heterocycles. The minimum Gasteiger partial charge on any atom is -0.489 e. The van der Waals surface area contributed by atoms with Gasteiger partial charge in [-0.05, 0) is 54.3 Å². The molecular weight excluding hydrogens is 244 g/mol. The van der Waals surface area contributed by atoms with E-state index in [0.29, 0.717) is 0 Å². The molecule has 0 aliphatic carbocycles. The molecule has 0 saturated carbocycles. The molecule has 0 saturated heterocycles. The summed E-state index contributed by atoms with van der Waals surface area (Å²) in [6.07, 6.45) is 3.66. The molecule has 96 valence electrons. The zero-order valence-corrected chi connectivity index (χ0v) is 11.7. The molecule has 18 heavy (non-hydrogen) atoms. The van der Waals surface area contributed by atoms with Gasteiger partial charge in [0.05, 0.1) is 18.3 Å². The van der Waals surface area contributed by atoms with E-state index in [-0.39, 0.29) is 12.1 Å². The number of pyridine rings is 1. The fourth-order valence-electron chi connectivity index (χ4n) is 1.81. The number of nitrogens with two attached hydrogens (primary N) is 1. The van der Waals surface area contributed by atoms with Crippen molar-refractivity contribution >= 4 is 11.3 Å². The molecule has 2 aromatic heterocycles. The number of rotatable bonds is 4. The minimum atomic E-state index is -0.139. The molecule has 2 N–H and O–H groups in total. The Hall–Kier alpha value is -1.39. The van der Waals surface area contributed by atoms with Crippen LogP contribution in [-0.4, -0.2) is 11.1 Å². The van der Waals surface area contributed by atoms with Crippen molar-refractivity contribution in [3.63, 3.8) is 0 Å². The van der Waals surface area contributed by atoms with E-state index >= 15 is 0 Å². The number of hydrogen-bond acceptors (Lipinski definition) is 4. The topological polar surface area (TPSA) is 48.1 Å². The molecular formula is C14H18N2OS. The largest absolute Gasteiger partial charge is 0.489 e. The first-order chi connectivity index (χ1) is 8.58. The van der Waals surface area contributed by atoms with Gasteiger partial charge < -0.3 is 10.5 Å². The Bertz CT molecular complexity index is 522. The Morgan fingerprint density at radius 1 is 1.28 bits per heavy atom. The summed E-state index contributed by atoms with van der Waals surface area (Å²) < 4.78 is 5.64. The molecule has 0 fully saturated rings. The average Bonchev–Trinajstić information content (AvgIpc) is 2.74. The van der Waals surface area contributed by atoms with Gasteiger partial charge in [0.15, 0.2) is 0 Å². The van der Waals surface area contributed by atoms with Crippen LogP contribution in [0.2, 0.25) is 0 Å². The molecule has 0 amide bonds. The molecule has 1 unspecified atom stereocenters. The Labute approximate surface area is 112 Å². The standard InChI is InChI=1S/C14H18N2OS/c1-9(2)17-12-4-11(5-16-6-12)14(15)13-8-18-7-10(13)3/h4-9,14H,15H2,1-3H3. The van der Waals surface area contributed by atoms with E-state index in [4.69, 9.17) is 10.5 Å². The summed E-state index contributed by atoms with van der Waals surface area (Å²) in [7, 11) is 0. The number of hydrogen-bond donors (Lipinski definition) is 1. The van der Waals surface area contributed by atoms with Crippen molar-refractivity contribution in [1.82, 2.24) is 4.98 Å². The number of aromatic nitrogens is 1. The summed E-state index contributed by atoms with van der Waals surface area (Å²) in [5.74, 6) is 0.769. The first-order valence-electron chi connectivity index (χ1n) is 5.98. The second-order valence-electron chi connectivity index (χ2n) is 4.61. The van der Waals surface area contributed by atoms with Gasteiger partial charge in [-0.25, -0.2) is 0 Å². The van der Waals surface area contributed by atoms with Gasteiger partial charge in [-0.1, -0.05) is 0 Å². The molecule has 0 spiro atoms. The monoisotopic (exact) mass is 262 g/mol. The van der Waals surface area contributed by atoms with Gasteiger partial charge in [-0.3, -0.25) is 4.98 Å². The fourth-order valence-corrected chi connectivity index (χ4v) is 2.70. The van der Waals surface area contributed by atoms with Crippen molar-refractivity contribution < 1.29 is 4.74 Å². The average molecular weight is 262 g/mol. The van der Waals surface area contributed by atoms with E-state index in [1.807, 2.05) is 19.9 Å². The van der Waals surface area contributed by atoms with Crippen molar-refractivity contribution in [2.75, 3.05) is 0 Å². The SMILES string of the molecule is Cc1cscc1C(N)c1cncc(OC(C)C)c1. The van der Waals surface area contributed by atoms with Gasteiger partial charge in [0.1, 0.15) is 5.75 Å². The molecule has 1 atom stereocenters. The van der Waals surface area contributed by atoms with Crippen molar-refractivity contribution in [3.05, 3.63) is 45.9 Å². The third-order valence-corrected chi connectivity index (χ3v) is 3.58. The third kappa shape index (κ3) is 2.89. The van der Waals surface area contributed by atoms with Gasteiger partial charge in [-0.2, -0.15) is 11.3 Å². The van der Waals surface area contributed by atoms with Gasteiger partial charge in [0.2, 0.25) is 0 Å². The highest BCUT2D eigenvalue weighted by Crippen LogP contribution is 2.27. The summed E-state index contributed by atoms with van der Waals surface area (Å²) in [6.45, 7) is 6.07. The second-order valence-corrected chi connectivity index (χ2v) is 5.35. The molecule has 0 radical (unpaired) electrons. The van der Waals surface area contributed by atoms with E-state index in [2.05, 4.69) is 22.7 Å². The maximum Gasteiger partial charge on any atom is 0.138 e. The number of ether oxygens (including phenoxy) is 1. The molecule has 2 aromatic rings. The smallest absolute Gasteiger partial charge is 0.138 e. The fraction of sp³-hybridized carbons (Fsp3) is 0.357. The lowest BCUT2D eigenvalue weighted by Gasteiger charge is -2.14. The lowest BCUT2D eigenvalue weighted by Crippen LogP contribution is -2.13. The van der Waals surface area contributed by atoms with Crippen molar-refractivity contribution in [3.8, 4) is 5.75 Å². The molecule has 4 heteroatoms. The van der Waals surface area contributed by atoms with Gasteiger partial charge >= 0.3 is 0 Å².